The number of hydrogen-bond acceptors (Lipinski definition) is 6. The first-order valence-corrected chi connectivity index (χ1v) is 11.7. The Kier molecular flexibility index (Phi) is 6.50. The van der Waals surface area contributed by atoms with Crippen molar-refractivity contribution in [1.29, 1.82) is 0 Å². The Balaban J connectivity index is 2.27. The lowest BCUT2D eigenvalue weighted by molar-refractivity contribution is 0.217. The Hall–Kier alpha value is -2.40. The van der Waals surface area contributed by atoms with Gasteiger partial charge in [-0.1, -0.05) is 30.8 Å². The number of benzene rings is 2. The van der Waals surface area contributed by atoms with Gasteiger partial charge in [-0.05, 0) is 41.0 Å². The smallest absolute Gasteiger partial charge is 0.254 e. The molecule has 8 nitrogen and oxygen atoms in total. The van der Waals surface area contributed by atoms with Crippen LogP contribution in [0.2, 0.25) is 0 Å². The van der Waals surface area contributed by atoms with Crippen molar-refractivity contribution in [2.45, 2.75) is 0 Å². The van der Waals surface area contributed by atoms with Crippen molar-refractivity contribution in [3.63, 3.8) is 0 Å². The summed E-state index contributed by atoms with van der Waals surface area (Å²) in [7, 11) is -4.57. The van der Waals surface area contributed by atoms with Crippen molar-refractivity contribution in [3.8, 4) is 0 Å². The van der Waals surface area contributed by atoms with E-state index >= 15 is 0 Å². The van der Waals surface area contributed by atoms with Crippen molar-refractivity contribution in [1.82, 2.24) is 0 Å². The van der Waals surface area contributed by atoms with Crippen molar-refractivity contribution >= 4 is 37.0 Å². The molecule has 0 amide bonds. The van der Waals surface area contributed by atoms with E-state index in [0.29, 0.717) is 16.9 Å². The summed E-state index contributed by atoms with van der Waals surface area (Å²) in [6.07, 6.45) is 2.09. The molecule has 10 heteroatoms. The fraction of sp³-hybridized carbons (Fsp3) is 0.222. The predicted octanol–water partition coefficient (Wildman–Crippen LogP) is 2.40. The van der Waals surface area contributed by atoms with Gasteiger partial charge in [-0.25, -0.2) is 16.8 Å². The average molecular weight is 427 g/mol. The van der Waals surface area contributed by atoms with Gasteiger partial charge in [0.25, 0.3) is 20.0 Å². The van der Waals surface area contributed by atoms with Crippen LogP contribution < -0.4 is 8.94 Å². The summed E-state index contributed by atoms with van der Waals surface area (Å²) < 4.78 is 48.5. The highest BCUT2D eigenvalue weighted by Crippen LogP contribution is 2.27. The minimum atomic E-state index is -3.56. The monoisotopic (exact) mass is 426 g/mol. The second-order valence-corrected chi connectivity index (χ2v) is 9.51. The summed E-state index contributed by atoms with van der Waals surface area (Å²) >= 11 is 0. The molecule has 0 aromatic heterocycles. The number of nitrogens with zero attached hydrogens (tertiary/aromatic N) is 2. The lowest BCUT2D eigenvalue weighted by atomic mass is 9.99. The first kappa shape index (κ1) is 21.9. The van der Waals surface area contributed by atoms with E-state index in [9.17, 15) is 16.8 Å². The average Bonchev–Trinajstić information content (AvgIpc) is 2.61. The highest BCUT2D eigenvalue weighted by molar-refractivity contribution is 7.92. The van der Waals surface area contributed by atoms with Gasteiger partial charge in [0.15, 0.2) is 0 Å². The highest BCUT2D eigenvalue weighted by Gasteiger charge is 2.18. The molecule has 0 N–H and O–H groups in total. The van der Waals surface area contributed by atoms with Gasteiger partial charge in [-0.15, -0.1) is 8.94 Å². The minimum Gasteiger partial charge on any atom is -0.262 e. The minimum absolute atomic E-state index is 0.362. The molecule has 152 valence electrons. The van der Waals surface area contributed by atoms with Gasteiger partial charge in [0, 0.05) is 0 Å². The lowest BCUT2D eigenvalue weighted by Crippen LogP contribution is -2.28. The number of hydrogen-bond donors (Lipinski definition) is 0. The highest BCUT2D eigenvalue weighted by atomic mass is 32.2. The predicted molar refractivity (Wildman–Crippen MR) is 110 cm³/mol. The Labute approximate surface area is 165 Å². The van der Waals surface area contributed by atoms with E-state index in [4.69, 9.17) is 9.68 Å². The summed E-state index contributed by atoms with van der Waals surface area (Å²) in [5, 5.41) is 0. The van der Waals surface area contributed by atoms with Crippen LogP contribution in [0.5, 0.6) is 0 Å². The Morgan fingerprint density at radius 3 is 1.21 bits per heavy atom. The normalized spacial score (nSPS) is 11.9. The van der Waals surface area contributed by atoms with Crippen LogP contribution in [0.4, 0.5) is 11.4 Å². The quantitative estimate of drug-likeness (QED) is 0.602. The van der Waals surface area contributed by atoms with E-state index in [2.05, 4.69) is 6.58 Å². The molecule has 2 rings (SSSR count). The molecule has 0 radical (unpaired) electrons. The maximum Gasteiger partial charge on any atom is 0.254 e. The molecule has 0 aliphatic heterocycles. The molecular weight excluding hydrogens is 404 g/mol. The molecule has 0 fully saturated rings. The standard InChI is InChI=1S/C18H22N2O6S2/c1-14(15-6-10-17(11-7-15)19(25-2)27(4,21)22)16-8-12-18(13-9-16)20(26-3)28(5,23)24/h6-13H,1H2,2-5H3. The van der Waals surface area contributed by atoms with Crippen LogP contribution in [-0.4, -0.2) is 43.6 Å². The number of sulfonamides is 2. The molecule has 0 spiro atoms. The summed E-state index contributed by atoms with van der Waals surface area (Å²) in [6.45, 7) is 4.06. The Morgan fingerprint density at radius 1 is 0.714 bits per heavy atom. The van der Waals surface area contributed by atoms with Crippen LogP contribution in [0.1, 0.15) is 11.1 Å². The molecule has 0 atom stereocenters. The van der Waals surface area contributed by atoms with Gasteiger partial charge < -0.3 is 0 Å². The zero-order valence-electron chi connectivity index (χ0n) is 16.0. The lowest BCUT2D eigenvalue weighted by Gasteiger charge is -2.20. The van der Waals surface area contributed by atoms with E-state index in [1.165, 1.54) is 14.2 Å². The van der Waals surface area contributed by atoms with Gasteiger partial charge >= 0.3 is 0 Å². The van der Waals surface area contributed by atoms with Crippen LogP contribution in [0.15, 0.2) is 55.1 Å². The Bertz CT molecular complexity index is 961. The van der Waals surface area contributed by atoms with E-state index in [1.54, 1.807) is 48.5 Å². The Morgan fingerprint density at radius 2 is 1.00 bits per heavy atom. The topological polar surface area (TPSA) is 93.2 Å². The van der Waals surface area contributed by atoms with E-state index < -0.39 is 20.0 Å². The fourth-order valence-corrected chi connectivity index (χ4v) is 4.15. The van der Waals surface area contributed by atoms with Crippen molar-refractivity contribution in [3.05, 3.63) is 66.2 Å². The van der Waals surface area contributed by atoms with E-state index in [1.807, 2.05) is 0 Å². The zero-order valence-corrected chi connectivity index (χ0v) is 17.6. The molecule has 0 saturated carbocycles. The zero-order chi connectivity index (χ0) is 21.1. The largest absolute Gasteiger partial charge is 0.262 e. The molecule has 2 aromatic carbocycles. The van der Waals surface area contributed by atoms with Gasteiger partial charge in [-0.2, -0.15) is 0 Å². The van der Waals surface area contributed by atoms with E-state index in [0.717, 1.165) is 32.6 Å². The van der Waals surface area contributed by atoms with Crippen molar-refractivity contribution in [2.24, 2.45) is 0 Å². The molecule has 2 aromatic rings. The molecular formula is C18H22N2O6S2. The van der Waals surface area contributed by atoms with Crippen LogP contribution in [0.25, 0.3) is 5.57 Å². The molecule has 0 aliphatic carbocycles. The molecule has 0 heterocycles. The summed E-state index contributed by atoms with van der Waals surface area (Å²) in [5.41, 5.74) is 2.95. The van der Waals surface area contributed by atoms with Crippen LogP contribution in [-0.2, 0) is 29.7 Å². The second kappa shape index (κ2) is 8.31. The summed E-state index contributed by atoms with van der Waals surface area (Å²) in [4.78, 5) is 9.83. The summed E-state index contributed by atoms with van der Waals surface area (Å²) in [6, 6.07) is 13.3. The fourth-order valence-electron chi connectivity index (χ4n) is 2.60. The number of rotatable bonds is 8. The van der Waals surface area contributed by atoms with Crippen LogP contribution >= 0.6 is 0 Å². The first-order valence-electron chi connectivity index (χ1n) is 7.97. The SMILES string of the molecule is C=C(c1ccc(N(OC)S(C)(=O)=O)cc1)c1ccc(N(OC)S(C)(=O)=O)cc1. The maximum absolute atomic E-state index is 11.7. The summed E-state index contributed by atoms with van der Waals surface area (Å²) in [5.74, 6) is 0. The second-order valence-electron chi connectivity index (χ2n) is 5.92. The van der Waals surface area contributed by atoms with Crippen molar-refractivity contribution < 1.29 is 26.5 Å². The molecule has 28 heavy (non-hydrogen) atoms. The van der Waals surface area contributed by atoms with Crippen LogP contribution in [0.3, 0.4) is 0 Å². The maximum atomic E-state index is 11.7. The van der Waals surface area contributed by atoms with Gasteiger partial charge in [0.1, 0.15) is 0 Å². The molecule has 0 aliphatic rings. The van der Waals surface area contributed by atoms with E-state index in [-0.39, 0.29) is 0 Å². The first-order chi connectivity index (χ1) is 13.0. The van der Waals surface area contributed by atoms with Gasteiger partial charge in [0.05, 0.1) is 38.1 Å². The van der Waals surface area contributed by atoms with Crippen LogP contribution in [0, 0.1) is 0 Å². The third kappa shape index (κ3) is 4.90. The van der Waals surface area contributed by atoms with Gasteiger partial charge in [0.2, 0.25) is 0 Å². The number of anilines is 2. The third-order valence-electron chi connectivity index (χ3n) is 3.79. The third-order valence-corrected chi connectivity index (χ3v) is 5.71. The molecule has 0 saturated heterocycles. The molecule has 0 unspecified atom stereocenters. The van der Waals surface area contributed by atoms with Crippen molar-refractivity contribution in [2.75, 3.05) is 35.7 Å². The molecule has 0 bridgehead atoms. The van der Waals surface area contributed by atoms with Gasteiger partial charge in [-0.3, -0.25) is 9.68 Å².